The van der Waals surface area contributed by atoms with E-state index in [2.05, 4.69) is 11.9 Å². The molecule has 0 bridgehead atoms. The predicted molar refractivity (Wildman–Crippen MR) is 106 cm³/mol. The zero-order valence-corrected chi connectivity index (χ0v) is 15.5. The number of halogens is 1. The lowest BCUT2D eigenvalue weighted by Crippen LogP contribution is -2.35. The summed E-state index contributed by atoms with van der Waals surface area (Å²) in [4.78, 5) is 14.0. The van der Waals surface area contributed by atoms with Gasteiger partial charge in [0.1, 0.15) is 12.5 Å². The number of alkyl halides is 1. The Kier molecular flexibility index (Phi) is 7.99. The molecule has 6 heteroatoms. The number of hydrogen-bond acceptors (Lipinski definition) is 4. The van der Waals surface area contributed by atoms with Gasteiger partial charge in [-0.2, -0.15) is 0 Å². The van der Waals surface area contributed by atoms with Crippen LogP contribution in [-0.4, -0.2) is 31.4 Å². The lowest BCUT2D eigenvalue weighted by molar-refractivity contribution is 0.114. The van der Waals surface area contributed by atoms with E-state index in [9.17, 15) is 4.79 Å². The number of carbonyl (C=O) groups excluding carboxylic acids is 1. The first-order valence-corrected chi connectivity index (χ1v) is 8.86. The van der Waals surface area contributed by atoms with Crippen LogP contribution in [0.1, 0.15) is 6.92 Å². The fourth-order valence-corrected chi connectivity index (χ4v) is 2.34. The fourth-order valence-electron chi connectivity index (χ4n) is 2.17. The molecule has 0 aromatic heterocycles. The number of nitrogens with zero attached hydrogens (tertiary/aromatic N) is 1. The van der Waals surface area contributed by atoms with E-state index in [-0.39, 0.29) is 6.10 Å². The highest BCUT2D eigenvalue weighted by Crippen LogP contribution is 2.20. The molecule has 138 valence electrons. The summed E-state index contributed by atoms with van der Waals surface area (Å²) < 4.78 is 11.0. The zero-order chi connectivity index (χ0) is 18.8. The molecule has 0 aliphatic rings. The molecule has 2 aromatic carbocycles. The molecule has 0 saturated heterocycles. The van der Waals surface area contributed by atoms with E-state index in [4.69, 9.17) is 21.1 Å². The molecule has 26 heavy (non-hydrogen) atoms. The first-order chi connectivity index (χ1) is 12.6. The van der Waals surface area contributed by atoms with Crippen LogP contribution in [0.2, 0.25) is 0 Å². The van der Waals surface area contributed by atoms with Gasteiger partial charge in [-0.3, -0.25) is 4.90 Å². The van der Waals surface area contributed by atoms with Crippen LogP contribution in [0.5, 0.6) is 5.75 Å². The molecular formula is C20H23ClN2O3. The number of ether oxygens (including phenoxy) is 2. The summed E-state index contributed by atoms with van der Waals surface area (Å²) in [5, 5.41) is 3.11. The Morgan fingerprint density at radius 2 is 2.04 bits per heavy atom. The third-order valence-corrected chi connectivity index (χ3v) is 3.76. The van der Waals surface area contributed by atoms with Crippen LogP contribution >= 0.6 is 11.6 Å². The summed E-state index contributed by atoms with van der Waals surface area (Å²) in [6.07, 6.45) is 1.19. The summed E-state index contributed by atoms with van der Waals surface area (Å²) in [6, 6.07) is 16.4. The first kappa shape index (κ1) is 19.8. The van der Waals surface area contributed by atoms with E-state index in [0.717, 1.165) is 11.4 Å². The second-order valence-electron chi connectivity index (χ2n) is 5.50. The number of benzene rings is 2. The van der Waals surface area contributed by atoms with Gasteiger partial charge < -0.3 is 14.8 Å². The monoisotopic (exact) mass is 374 g/mol. The Labute approximate surface area is 159 Å². The van der Waals surface area contributed by atoms with Crippen LogP contribution in [0.4, 0.5) is 16.2 Å². The van der Waals surface area contributed by atoms with Crippen molar-refractivity contribution >= 4 is 29.1 Å². The van der Waals surface area contributed by atoms with Gasteiger partial charge in [0.25, 0.3) is 0 Å². The van der Waals surface area contributed by atoms with E-state index in [1.165, 1.54) is 4.90 Å². The highest BCUT2D eigenvalue weighted by molar-refractivity contribution is 6.18. The molecule has 0 aliphatic heterocycles. The molecule has 0 saturated carbocycles. The minimum Gasteiger partial charge on any atom is -0.410 e. The Hall–Kier alpha value is -2.50. The number of hydrogen-bond donors (Lipinski definition) is 1. The molecule has 0 fully saturated rings. The van der Waals surface area contributed by atoms with Crippen molar-refractivity contribution in [2.75, 3.05) is 29.4 Å². The zero-order valence-electron chi connectivity index (χ0n) is 14.7. The van der Waals surface area contributed by atoms with Crippen LogP contribution in [0.15, 0.2) is 67.3 Å². The molecule has 1 N–H and O–H groups in total. The topological polar surface area (TPSA) is 50.8 Å². The van der Waals surface area contributed by atoms with E-state index in [1.807, 2.05) is 43.3 Å². The smallest absolute Gasteiger partial charge is 0.410 e. The normalized spacial score (nSPS) is 11.5. The molecule has 5 nitrogen and oxygen atoms in total. The summed E-state index contributed by atoms with van der Waals surface area (Å²) >= 11 is 5.83. The van der Waals surface area contributed by atoms with E-state index < -0.39 is 6.09 Å². The number of para-hydroxylation sites is 1. The fraction of sp³-hybridized carbons (Fsp3) is 0.250. The Morgan fingerprint density at radius 1 is 1.27 bits per heavy atom. The maximum Gasteiger partial charge on any atom is 0.419 e. The SMILES string of the molecule is C=CC(C)OCNc1cccc(OC(=O)N(CCCl)c2ccccc2)c1. The molecule has 1 unspecified atom stereocenters. The maximum absolute atomic E-state index is 12.5. The number of anilines is 2. The summed E-state index contributed by atoms with van der Waals surface area (Å²) in [7, 11) is 0. The largest absolute Gasteiger partial charge is 0.419 e. The van der Waals surface area contributed by atoms with Crippen molar-refractivity contribution in [1.29, 1.82) is 0 Å². The molecule has 0 aliphatic carbocycles. The third kappa shape index (κ3) is 6.10. The van der Waals surface area contributed by atoms with Gasteiger partial charge in [-0.1, -0.05) is 30.3 Å². The van der Waals surface area contributed by atoms with Crippen LogP contribution in [0, 0.1) is 0 Å². The standard InChI is InChI=1S/C20H23ClN2O3/c1-3-16(2)25-15-22-17-8-7-11-19(14-17)26-20(24)23(13-12-21)18-9-5-4-6-10-18/h3-11,14,16,22H,1,12-13,15H2,2H3. The van der Waals surface area contributed by atoms with E-state index >= 15 is 0 Å². The second kappa shape index (κ2) is 10.5. The quantitative estimate of drug-likeness (QED) is 0.385. The molecule has 1 atom stereocenters. The van der Waals surface area contributed by atoms with Crippen LogP contribution < -0.4 is 15.0 Å². The van der Waals surface area contributed by atoms with Crippen molar-refractivity contribution in [3.05, 3.63) is 67.3 Å². The molecule has 1 amide bonds. The van der Waals surface area contributed by atoms with Crippen LogP contribution in [0.3, 0.4) is 0 Å². The van der Waals surface area contributed by atoms with Crippen molar-refractivity contribution in [2.45, 2.75) is 13.0 Å². The number of carbonyl (C=O) groups is 1. The number of nitrogens with one attached hydrogen (secondary N) is 1. The highest BCUT2D eigenvalue weighted by Gasteiger charge is 2.17. The van der Waals surface area contributed by atoms with E-state index in [0.29, 0.717) is 24.9 Å². The lowest BCUT2D eigenvalue weighted by atomic mass is 10.3. The van der Waals surface area contributed by atoms with Crippen molar-refractivity contribution in [3.63, 3.8) is 0 Å². The van der Waals surface area contributed by atoms with Gasteiger partial charge in [0.05, 0.1) is 6.10 Å². The minimum absolute atomic E-state index is 0.0431. The molecule has 2 rings (SSSR count). The van der Waals surface area contributed by atoms with Crippen molar-refractivity contribution in [2.24, 2.45) is 0 Å². The summed E-state index contributed by atoms with van der Waals surface area (Å²) in [5.74, 6) is 0.747. The van der Waals surface area contributed by atoms with E-state index in [1.54, 1.807) is 24.3 Å². The third-order valence-electron chi connectivity index (χ3n) is 3.59. The van der Waals surface area contributed by atoms with Gasteiger partial charge in [-0.25, -0.2) is 4.79 Å². The molecular weight excluding hydrogens is 352 g/mol. The minimum atomic E-state index is -0.481. The molecule has 0 spiro atoms. The van der Waals surface area contributed by atoms with Crippen LogP contribution in [-0.2, 0) is 4.74 Å². The molecule has 2 aromatic rings. The van der Waals surface area contributed by atoms with Gasteiger partial charge >= 0.3 is 6.09 Å². The molecule has 0 heterocycles. The molecule has 0 radical (unpaired) electrons. The summed E-state index contributed by atoms with van der Waals surface area (Å²) in [5.41, 5.74) is 1.52. The number of rotatable bonds is 9. The highest BCUT2D eigenvalue weighted by atomic mass is 35.5. The van der Waals surface area contributed by atoms with Gasteiger partial charge in [0.2, 0.25) is 0 Å². The van der Waals surface area contributed by atoms with Gasteiger partial charge in [0, 0.05) is 29.9 Å². The van der Waals surface area contributed by atoms with Crippen LogP contribution in [0.25, 0.3) is 0 Å². The van der Waals surface area contributed by atoms with Gasteiger partial charge in [0.15, 0.2) is 0 Å². The van der Waals surface area contributed by atoms with Crippen molar-refractivity contribution in [1.82, 2.24) is 0 Å². The average molecular weight is 375 g/mol. The number of amides is 1. The average Bonchev–Trinajstić information content (AvgIpc) is 2.66. The maximum atomic E-state index is 12.5. The van der Waals surface area contributed by atoms with Crippen molar-refractivity contribution in [3.8, 4) is 5.75 Å². The second-order valence-corrected chi connectivity index (χ2v) is 5.88. The summed E-state index contributed by atoms with van der Waals surface area (Å²) in [6.45, 7) is 6.25. The Bertz CT molecular complexity index is 709. The van der Waals surface area contributed by atoms with Gasteiger partial charge in [-0.15, -0.1) is 18.2 Å². The Balaban J connectivity index is 2.01. The Morgan fingerprint density at radius 3 is 2.73 bits per heavy atom. The van der Waals surface area contributed by atoms with Crippen molar-refractivity contribution < 1.29 is 14.3 Å². The first-order valence-electron chi connectivity index (χ1n) is 8.32. The van der Waals surface area contributed by atoms with Gasteiger partial charge in [-0.05, 0) is 31.2 Å². The predicted octanol–water partition coefficient (Wildman–Crippen LogP) is 4.89. The lowest BCUT2D eigenvalue weighted by Gasteiger charge is -2.21.